The fourth-order valence-electron chi connectivity index (χ4n) is 2.16. The number of phenolic OH excluding ortho intramolecular Hbond substituents is 1. The van der Waals surface area contributed by atoms with Gasteiger partial charge in [-0.3, -0.25) is 4.90 Å². The van der Waals surface area contributed by atoms with Crippen molar-refractivity contribution in [2.24, 2.45) is 11.8 Å². The van der Waals surface area contributed by atoms with Crippen LogP contribution in [0.5, 0.6) is 5.75 Å². The molecule has 0 amide bonds. The first-order valence-electron chi connectivity index (χ1n) is 6.58. The summed E-state index contributed by atoms with van der Waals surface area (Å²) >= 11 is 0. The maximum atomic E-state index is 13.3. The van der Waals surface area contributed by atoms with Crippen molar-refractivity contribution >= 4 is 0 Å². The highest BCUT2D eigenvalue weighted by atomic mass is 19.1. The lowest BCUT2D eigenvalue weighted by Crippen LogP contribution is -2.31. The molecule has 0 heterocycles. The summed E-state index contributed by atoms with van der Waals surface area (Å²) in [5.41, 5.74) is 0.663. The van der Waals surface area contributed by atoms with Gasteiger partial charge in [-0.2, -0.15) is 0 Å². The van der Waals surface area contributed by atoms with Crippen molar-refractivity contribution in [2.45, 2.75) is 34.2 Å². The van der Waals surface area contributed by atoms with E-state index in [-0.39, 0.29) is 5.75 Å². The molecular weight excluding hydrogens is 229 g/mol. The molecule has 2 nitrogen and oxygen atoms in total. The number of hydrogen-bond acceptors (Lipinski definition) is 2. The molecule has 0 unspecified atom stereocenters. The number of rotatable bonds is 6. The first-order chi connectivity index (χ1) is 8.40. The van der Waals surface area contributed by atoms with E-state index in [0.29, 0.717) is 23.9 Å². The van der Waals surface area contributed by atoms with Crippen LogP contribution in [0.3, 0.4) is 0 Å². The first kappa shape index (κ1) is 15.0. The molecule has 1 aromatic rings. The molecule has 1 N–H and O–H groups in total. The second-order valence-electron chi connectivity index (χ2n) is 5.73. The predicted octanol–water partition coefficient (Wildman–Crippen LogP) is 3.65. The van der Waals surface area contributed by atoms with E-state index >= 15 is 0 Å². The predicted molar refractivity (Wildman–Crippen MR) is 73.0 cm³/mol. The van der Waals surface area contributed by atoms with E-state index in [2.05, 4.69) is 32.6 Å². The minimum Gasteiger partial charge on any atom is -0.505 e. The number of hydrogen-bond donors (Lipinski definition) is 1. The standard InChI is InChI=1S/C15H24FNO/c1-11(2)8-17(9-12(3)4)10-13-6-5-7-14(16)15(13)18/h5-7,11-12,18H,8-10H2,1-4H3. The van der Waals surface area contributed by atoms with E-state index in [1.54, 1.807) is 12.1 Å². The van der Waals surface area contributed by atoms with E-state index in [1.165, 1.54) is 6.07 Å². The van der Waals surface area contributed by atoms with Gasteiger partial charge in [0.25, 0.3) is 0 Å². The van der Waals surface area contributed by atoms with Crippen molar-refractivity contribution in [3.8, 4) is 5.75 Å². The van der Waals surface area contributed by atoms with Crippen LogP contribution in [0, 0.1) is 17.7 Å². The Kier molecular flexibility index (Phi) is 5.60. The van der Waals surface area contributed by atoms with Crippen LogP contribution in [-0.2, 0) is 6.54 Å². The summed E-state index contributed by atoms with van der Waals surface area (Å²) in [6, 6.07) is 4.72. The van der Waals surface area contributed by atoms with Crippen LogP contribution in [0.25, 0.3) is 0 Å². The highest BCUT2D eigenvalue weighted by molar-refractivity contribution is 5.33. The van der Waals surface area contributed by atoms with Gasteiger partial charge in [0.05, 0.1) is 0 Å². The molecule has 0 fully saturated rings. The molecule has 1 rings (SSSR count). The Labute approximate surface area is 109 Å². The summed E-state index contributed by atoms with van der Waals surface area (Å²) in [7, 11) is 0. The maximum Gasteiger partial charge on any atom is 0.165 e. The Morgan fingerprint density at radius 1 is 1.11 bits per heavy atom. The molecule has 0 atom stereocenters. The molecule has 0 aliphatic rings. The van der Waals surface area contributed by atoms with Gasteiger partial charge >= 0.3 is 0 Å². The van der Waals surface area contributed by atoms with Gasteiger partial charge in [-0.25, -0.2) is 4.39 Å². The van der Waals surface area contributed by atoms with Crippen LogP contribution in [0.1, 0.15) is 33.3 Å². The molecule has 1 aromatic carbocycles. The lowest BCUT2D eigenvalue weighted by atomic mass is 10.1. The molecule has 102 valence electrons. The van der Waals surface area contributed by atoms with Gasteiger partial charge in [-0.05, 0) is 17.9 Å². The van der Waals surface area contributed by atoms with Crippen LogP contribution in [0.4, 0.5) is 4.39 Å². The topological polar surface area (TPSA) is 23.5 Å². The van der Waals surface area contributed by atoms with Crippen molar-refractivity contribution < 1.29 is 9.50 Å². The summed E-state index contributed by atoms with van der Waals surface area (Å²) in [5.74, 6) is 0.357. The van der Waals surface area contributed by atoms with E-state index in [1.807, 2.05) is 0 Å². The fraction of sp³-hybridized carbons (Fsp3) is 0.600. The van der Waals surface area contributed by atoms with Gasteiger partial charge in [0.2, 0.25) is 0 Å². The fourth-order valence-corrected chi connectivity index (χ4v) is 2.16. The second-order valence-corrected chi connectivity index (χ2v) is 5.73. The minimum atomic E-state index is -0.540. The summed E-state index contributed by atoms with van der Waals surface area (Å²) in [5, 5.41) is 9.71. The monoisotopic (exact) mass is 253 g/mol. The third kappa shape index (κ3) is 4.65. The molecule has 0 saturated carbocycles. The molecule has 0 aromatic heterocycles. The van der Waals surface area contributed by atoms with Gasteiger partial charge in [0.15, 0.2) is 11.6 Å². The first-order valence-corrected chi connectivity index (χ1v) is 6.58. The van der Waals surface area contributed by atoms with Gasteiger partial charge in [-0.15, -0.1) is 0 Å². The van der Waals surface area contributed by atoms with E-state index in [9.17, 15) is 9.50 Å². The van der Waals surface area contributed by atoms with Crippen molar-refractivity contribution in [1.29, 1.82) is 0 Å². The van der Waals surface area contributed by atoms with Crippen LogP contribution >= 0.6 is 0 Å². The number of halogens is 1. The average molecular weight is 253 g/mol. The zero-order valence-electron chi connectivity index (χ0n) is 11.8. The molecule has 0 spiro atoms. The van der Waals surface area contributed by atoms with Gasteiger partial charge in [0.1, 0.15) is 0 Å². The SMILES string of the molecule is CC(C)CN(Cc1cccc(F)c1O)CC(C)C. The lowest BCUT2D eigenvalue weighted by Gasteiger charge is -2.26. The quantitative estimate of drug-likeness (QED) is 0.836. The van der Waals surface area contributed by atoms with E-state index in [4.69, 9.17) is 0 Å². The smallest absolute Gasteiger partial charge is 0.165 e. The summed E-state index contributed by atoms with van der Waals surface area (Å²) < 4.78 is 13.3. The van der Waals surface area contributed by atoms with Gasteiger partial charge < -0.3 is 5.11 Å². The minimum absolute atomic E-state index is 0.213. The van der Waals surface area contributed by atoms with Gasteiger partial charge in [-0.1, -0.05) is 39.8 Å². The lowest BCUT2D eigenvalue weighted by molar-refractivity contribution is 0.208. The van der Waals surface area contributed by atoms with Crippen LogP contribution in [-0.4, -0.2) is 23.1 Å². The zero-order valence-corrected chi connectivity index (χ0v) is 11.8. The molecule has 0 saturated heterocycles. The highest BCUT2D eigenvalue weighted by Gasteiger charge is 2.13. The molecule has 3 heteroatoms. The molecule has 0 radical (unpaired) electrons. The number of para-hydroxylation sites is 1. The second kappa shape index (κ2) is 6.74. The Bertz CT molecular complexity index is 367. The van der Waals surface area contributed by atoms with E-state index < -0.39 is 5.82 Å². The van der Waals surface area contributed by atoms with Crippen molar-refractivity contribution in [3.05, 3.63) is 29.6 Å². The van der Waals surface area contributed by atoms with Crippen LogP contribution in [0.2, 0.25) is 0 Å². The normalized spacial score (nSPS) is 11.8. The zero-order chi connectivity index (χ0) is 13.7. The molecule has 0 bridgehead atoms. The van der Waals surface area contributed by atoms with Crippen molar-refractivity contribution in [2.75, 3.05) is 13.1 Å². The third-order valence-electron chi connectivity index (χ3n) is 2.71. The number of nitrogens with zero attached hydrogens (tertiary/aromatic N) is 1. The summed E-state index contributed by atoms with van der Waals surface area (Å²) in [4.78, 5) is 2.27. The molecular formula is C15H24FNO. The Balaban J connectivity index is 2.78. The number of benzene rings is 1. The summed E-state index contributed by atoms with van der Waals surface area (Å²) in [6.45, 7) is 11.2. The highest BCUT2D eigenvalue weighted by Crippen LogP contribution is 2.22. The van der Waals surface area contributed by atoms with Crippen molar-refractivity contribution in [3.63, 3.8) is 0 Å². The van der Waals surface area contributed by atoms with Crippen LogP contribution in [0.15, 0.2) is 18.2 Å². The Morgan fingerprint density at radius 2 is 1.67 bits per heavy atom. The number of aromatic hydroxyl groups is 1. The van der Waals surface area contributed by atoms with Crippen LogP contribution < -0.4 is 0 Å². The largest absolute Gasteiger partial charge is 0.505 e. The Hall–Kier alpha value is -1.09. The van der Waals surface area contributed by atoms with Gasteiger partial charge in [0, 0.05) is 25.2 Å². The average Bonchev–Trinajstić information content (AvgIpc) is 2.23. The van der Waals surface area contributed by atoms with Crippen molar-refractivity contribution in [1.82, 2.24) is 4.90 Å². The number of phenols is 1. The molecule has 0 aliphatic carbocycles. The summed E-state index contributed by atoms with van der Waals surface area (Å²) in [6.07, 6.45) is 0. The third-order valence-corrected chi connectivity index (χ3v) is 2.71. The molecule has 18 heavy (non-hydrogen) atoms. The molecule has 0 aliphatic heterocycles. The van der Waals surface area contributed by atoms with E-state index in [0.717, 1.165) is 13.1 Å². The Morgan fingerprint density at radius 3 is 2.17 bits per heavy atom. The maximum absolute atomic E-state index is 13.3.